The molecule has 3 heterocycles. The quantitative estimate of drug-likeness (QED) is 0.668. The van der Waals surface area contributed by atoms with Gasteiger partial charge in [-0.05, 0) is 35.7 Å². The van der Waals surface area contributed by atoms with Crippen LogP contribution in [-0.2, 0) is 17.8 Å². The van der Waals surface area contributed by atoms with Gasteiger partial charge in [0, 0.05) is 43.4 Å². The molecule has 3 aromatic heterocycles. The molecule has 0 saturated heterocycles. The van der Waals surface area contributed by atoms with E-state index < -0.39 is 0 Å². The van der Waals surface area contributed by atoms with Gasteiger partial charge in [-0.3, -0.25) is 4.79 Å². The van der Waals surface area contributed by atoms with Crippen molar-refractivity contribution in [2.45, 2.75) is 38.8 Å². The topological polar surface area (TPSA) is 59.8 Å². The molecule has 126 valence electrons. The molecule has 0 unspecified atom stereocenters. The number of nitrogens with one attached hydrogen (secondary N) is 1. The number of carbonyl (C=O) groups excluding carboxylic acids is 1. The highest BCUT2D eigenvalue weighted by atomic mass is 32.1. The molecule has 3 aromatic rings. The van der Waals surface area contributed by atoms with Crippen molar-refractivity contribution in [3.63, 3.8) is 0 Å². The number of hydrogen-bond acceptors (Lipinski definition) is 5. The molecule has 1 N–H and O–H groups in total. The van der Waals surface area contributed by atoms with Crippen molar-refractivity contribution in [3.05, 3.63) is 57.2 Å². The highest BCUT2D eigenvalue weighted by Crippen LogP contribution is 2.22. The predicted molar refractivity (Wildman–Crippen MR) is 97.2 cm³/mol. The van der Waals surface area contributed by atoms with Gasteiger partial charge in [-0.15, -0.1) is 11.3 Å². The fraction of sp³-hybridized carbons (Fsp3) is 0.353. The van der Waals surface area contributed by atoms with E-state index >= 15 is 0 Å². The van der Waals surface area contributed by atoms with Gasteiger partial charge in [0.2, 0.25) is 5.91 Å². The molecule has 0 aromatic carbocycles. The molecule has 0 saturated carbocycles. The summed E-state index contributed by atoms with van der Waals surface area (Å²) >= 11 is 3.26. The summed E-state index contributed by atoms with van der Waals surface area (Å²) < 4.78 is 2.07. The van der Waals surface area contributed by atoms with Crippen molar-refractivity contribution in [1.29, 1.82) is 0 Å². The van der Waals surface area contributed by atoms with E-state index in [0.717, 1.165) is 30.2 Å². The number of rotatable bonds is 8. The Morgan fingerprint density at radius 3 is 2.92 bits per heavy atom. The molecule has 0 aliphatic rings. The van der Waals surface area contributed by atoms with Crippen LogP contribution in [0.25, 0.3) is 0 Å². The third-order valence-electron chi connectivity index (χ3n) is 3.83. The number of amides is 1. The van der Waals surface area contributed by atoms with Crippen molar-refractivity contribution >= 4 is 28.6 Å². The van der Waals surface area contributed by atoms with Crippen LogP contribution in [0.3, 0.4) is 0 Å². The molecule has 24 heavy (non-hydrogen) atoms. The van der Waals surface area contributed by atoms with Crippen LogP contribution in [0.2, 0.25) is 0 Å². The normalized spacial score (nSPS) is 12.2. The van der Waals surface area contributed by atoms with E-state index in [1.165, 1.54) is 5.56 Å². The number of hydrogen-bond donors (Lipinski definition) is 1. The summed E-state index contributed by atoms with van der Waals surface area (Å²) in [5, 5.41) is 10.2. The predicted octanol–water partition coefficient (Wildman–Crippen LogP) is 3.59. The molecule has 5 nitrogen and oxygen atoms in total. The highest BCUT2D eigenvalue weighted by molar-refractivity contribution is 7.09. The van der Waals surface area contributed by atoms with Crippen LogP contribution in [0.5, 0.6) is 0 Å². The monoisotopic (exact) mass is 360 g/mol. The molecule has 7 heteroatoms. The molecule has 0 radical (unpaired) electrons. The first kappa shape index (κ1) is 16.9. The second kappa shape index (κ2) is 8.21. The Morgan fingerprint density at radius 1 is 1.33 bits per heavy atom. The SMILES string of the molecule is Cc1nccn1CCCC(=O)N[C@H](Cc1ccsc1)c1nccs1. The summed E-state index contributed by atoms with van der Waals surface area (Å²) in [6, 6.07) is 2.04. The lowest BCUT2D eigenvalue weighted by molar-refractivity contribution is -0.122. The van der Waals surface area contributed by atoms with Crippen LogP contribution in [-0.4, -0.2) is 20.4 Å². The molecule has 0 aliphatic carbocycles. The zero-order valence-corrected chi connectivity index (χ0v) is 15.1. The first-order chi connectivity index (χ1) is 11.7. The Morgan fingerprint density at radius 2 is 2.25 bits per heavy atom. The first-order valence-corrected chi connectivity index (χ1v) is 9.72. The van der Waals surface area contributed by atoms with Crippen LogP contribution in [0.15, 0.2) is 40.8 Å². The molecule has 3 rings (SSSR count). The third-order valence-corrected chi connectivity index (χ3v) is 5.45. The molecular weight excluding hydrogens is 340 g/mol. The molecule has 0 fully saturated rings. The standard InChI is InChI=1S/C17H20N4OS2/c1-13-18-5-8-21(13)7-2-3-16(22)20-15(17-19-6-10-24-17)11-14-4-9-23-12-14/h4-6,8-10,12,15H,2-3,7,11H2,1H3,(H,20,22)/t15-/m1/s1. The average Bonchev–Trinajstić information content (AvgIpc) is 3.30. The summed E-state index contributed by atoms with van der Waals surface area (Å²) in [7, 11) is 0. The molecule has 0 aliphatic heterocycles. The van der Waals surface area contributed by atoms with Crippen molar-refractivity contribution in [2.75, 3.05) is 0 Å². The Labute approximate surface area is 149 Å². The lowest BCUT2D eigenvalue weighted by Gasteiger charge is -2.16. The maximum absolute atomic E-state index is 12.3. The largest absolute Gasteiger partial charge is 0.347 e. The van der Waals surface area contributed by atoms with Crippen molar-refractivity contribution < 1.29 is 4.79 Å². The summed E-state index contributed by atoms with van der Waals surface area (Å²) in [6.45, 7) is 2.78. The number of thiazole rings is 1. The van der Waals surface area contributed by atoms with E-state index in [0.29, 0.717) is 6.42 Å². The molecule has 1 atom stereocenters. The maximum Gasteiger partial charge on any atom is 0.220 e. The van der Waals surface area contributed by atoms with E-state index in [1.54, 1.807) is 35.1 Å². The van der Waals surface area contributed by atoms with Crippen LogP contribution in [0, 0.1) is 6.92 Å². The summed E-state index contributed by atoms with van der Waals surface area (Å²) in [5.41, 5.74) is 1.23. The van der Waals surface area contributed by atoms with Gasteiger partial charge in [0.1, 0.15) is 10.8 Å². The van der Waals surface area contributed by atoms with E-state index in [2.05, 4.69) is 36.7 Å². The number of aryl methyl sites for hydroxylation is 2. The Kier molecular flexibility index (Phi) is 5.77. The van der Waals surface area contributed by atoms with E-state index in [4.69, 9.17) is 0 Å². The minimum atomic E-state index is -0.0536. The van der Waals surface area contributed by atoms with Crippen LogP contribution in [0.4, 0.5) is 0 Å². The number of nitrogens with zero attached hydrogens (tertiary/aromatic N) is 3. The third kappa shape index (κ3) is 4.52. The van der Waals surface area contributed by atoms with Crippen molar-refractivity contribution in [2.24, 2.45) is 0 Å². The fourth-order valence-corrected chi connectivity index (χ4v) is 3.94. The molecule has 0 bridgehead atoms. The Bertz CT molecular complexity index is 750. The smallest absolute Gasteiger partial charge is 0.220 e. The van der Waals surface area contributed by atoms with E-state index in [9.17, 15) is 4.79 Å². The number of thiophene rings is 1. The van der Waals surface area contributed by atoms with Gasteiger partial charge < -0.3 is 9.88 Å². The Balaban J connectivity index is 1.54. The summed E-state index contributed by atoms with van der Waals surface area (Å²) in [5.74, 6) is 1.05. The van der Waals surface area contributed by atoms with Gasteiger partial charge in [0.05, 0.1) is 6.04 Å². The van der Waals surface area contributed by atoms with Crippen molar-refractivity contribution in [1.82, 2.24) is 19.9 Å². The van der Waals surface area contributed by atoms with Crippen LogP contribution in [0.1, 0.15) is 35.3 Å². The van der Waals surface area contributed by atoms with Gasteiger partial charge >= 0.3 is 0 Å². The second-order valence-corrected chi connectivity index (χ2v) is 7.30. The van der Waals surface area contributed by atoms with Gasteiger partial charge in [-0.2, -0.15) is 11.3 Å². The maximum atomic E-state index is 12.3. The van der Waals surface area contributed by atoms with Gasteiger partial charge in [0.15, 0.2) is 0 Å². The molecule has 1 amide bonds. The lowest BCUT2D eigenvalue weighted by atomic mass is 10.1. The van der Waals surface area contributed by atoms with Crippen molar-refractivity contribution in [3.8, 4) is 0 Å². The minimum Gasteiger partial charge on any atom is -0.347 e. The van der Waals surface area contributed by atoms with E-state index in [-0.39, 0.29) is 11.9 Å². The summed E-state index contributed by atoms with van der Waals surface area (Å²) in [6.07, 6.45) is 7.60. The molecular formula is C17H20N4OS2. The van der Waals surface area contributed by atoms with Gasteiger partial charge in [-0.25, -0.2) is 9.97 Å². The average molecular weight is 361 g/mol. The minimum absolute atomic E-state index is 0.0536. The summed E-state index contributed by atoms with van der Waals surface area (Å²) in [4.78, 5) is 20.9. The highest BCUT2D eigenvalue weighted by Gasteiger charge is 2.17. The van der Waals surface area contributed by atoms with Gasteiger partial charge in [-0.1, -0.05) is 0 Å². The zero-order valence-electron chi connectivity index (χ0n) is 13.5. The van der Waals surface area contributed by atoms with Crippen LogP contribution >= 0.6 is 22.7 Å². The number of aromatic nitrogens is 3. The van der Waals surface area contributed by atoms with Gasteiger partial charge in [0.25, 0.3) is 0 Å². The Hall–Kier alpha value is -1.99. The first-order valence-electron chi connectivity index (χ1n) is 7.90. The number of carbonyl (C=O) groups is 1. The second-order valence-electron chi connectivity index (χ2n) is 5.60. The zero-order chi connectivity index (χ0) is 16.8. The number of imidazole rings is 1. The van der Waals surface area contributed by atoms with E-state index in [1.807, 2.05) is 18.5 Å². The lowest BCUT2D eigenvalue weighted by Crippen LogP contribution is -2.29. The molecule has 0 spiro atoms. The fourth-order valence-electron chi connectivity index (χ4n) is 2.57. The van der Waals surface area contributed by atoms with Crippen LogP contribution < -0.4 is 5.32 Å².